The smallest absolute Gasteiger partial charge is 0.414 e. The van der Waals surface area contributed by atoms with Gasteiger partial charge in [0.1, 0.15) is 23.3 Å². The van der Waals surface area contributed by atoms with Crippen LogP contribution in [0.2, 0.25) is 0 Å². The molecule has 2 N–H and O–H groups in total. The summed E-state index contributed by atoms with van der Waals surface area (Å²) in [4.78, 5) is 42.7. The van der Waals surface area contributed by atoms with Crippen LogP contribution in [0, 0.1) is 5.92 Å². The van der Waals surface area contributed by atoms with Crippen molar-refractivity contribution in [2.75, 3.05) is 30.9 Å². The van der Waals surface area contributed by atoms with Gasteiger partial charge in [-0.2, -0.15) is 4.98 Å². The highest BCUT2D eigenvalue weighted by atomic mass is 16.6. The first-order valence-electron chi connectivity index (χ1n) is 14.5. The molecule has 0 spiro atoms. The van der Waals surface area contributed by atoms with E-state index in [1.54, 1.807) is 36.3 Å². The van der Waals surface area contributed by atoms with Crippen LogP contribution in [0.15, 0.2) is 30.6 Å². The van der Waals surface area contributed by atoms with Crippen LogP contribution < -0.4 is 15.5 Å². The van der Waals surface area contributed by atoms with Crippen LogP contribution in [0.25, 0.3) is 11.0 Å². The van der Waals surface area contributed by atoms with Gasteiger partial charge in [-0.1, -0.05) is 19.3 Å². The van der Waals surface area contributed by atoms with Crippen molar-refractivity contribution in [3.8, 4) is 0 Å². The third-order valence-corrected chi connectivity index (χ3v) is 9.10. The second-order valence-electron chi connectivity index (χ2n) is 11.9. The maximum absolute atomic E-state index is 13.0. The molecule has 0 radical (unpaired) electrons. The molecule has 11 heteroatoms. The fraction of sp³-hybridized carbons (Fsp3) is 0.552. The number of hydrogen-bond acceptors (Lipinski definition) is 8. The number of nitrogens with one attached hydrogen (secondary N) is 2. The van der Waals surface area contributed by atoms with E-state index in [9.17, 15) is 9.59 Å². The van der Waals surface area contributed by atoms with Crippen molar-refractivity contribution in [1.29, 1.82) is 0 Å². The molecule has 0 bridgehead atoms. The molecular weight excluding hydrogens is 508 g/mol. The van der Waals surface area contributed by atoms with Gasteiger partial charge in [0.15, 0.2) is 0 Å². The minimum absolute atomic E-state index is 0.0331. The molecule has 4 fully saturated rings. The lowest BCUT2D eigenvalue weighted by Gasteiger charge is -2.54. The Morgan fingerprint density at radius 2 is 1.98 bits per heavy atom. The summed E-state index contributed by atoms with van der Waals surface area (Å²) >= 11 is 0. The van der Waals surface area contributed by atoms with E-state index < -0.39 is 0 Å². The zero-order chi connectivity index (χ0) is 27.4. The number of hydrogen-bond donors (Lipinski definition) is 2. The van der Waals surface area contributed by atoms with E-state index in [-0.39, 0.29) is 24.1 Å². The molecule has 2 aliphatic carbocycles. The summed E-state index contributed by atoms with van der Waals surface area (Å²) in [6, 6.07) is 6.97. The molecule has 2 saturated heterocycles. The minimum atomic E-state index is -0.322. The first-order valence-corrected chi connectivity index (χ1v) is 14.5. The number of cyclic esters (lactones) is 1. The summed E-state index contributed by atoms with van der Waals surface area (Å²) in [5.74, 6) is 1.71. The molecule has 3 aromatic rings. The van der Waals surface area contributed by atoms with E-state index in [0.29, 0.717) is 41.8 Å². The number of ether oxygens (including phenoxy) is 1. The van der Waals surface area contributed by atoms with Crippen molar-refractivity contribution in [2.45, 2.75) is 75.6 Å². The Bertz CT molecular complexity index is 1430. The fourth-order valence-electron chi connectivity index (χ4n) is 6.78. The molecule has 3 aromatic heterocycles. The molecule has 210 valence electrons. The van der Waals surface area contributed by atoms with Crippen LogP contribution in [-0.4, -0.2) is 75.2 Å². The molecule has 2 saturated carbocycles. The van der Waals surface area contributed by atoms with Gasteiger partial charge >= 0.3 is 6.09 Å². The van der Waals surface area contributed by atoms with Crippen LogP contribution in [0.3, 0.4) is 0 Å². The Balaban J connectivity index is 1.07. The average molecular weight is 545 g/mol. The van der Waals surface area contributed by atoms with E-state index in [0.717, 1.165) is 49.1 Å². The first kappa shape index (κ1) is 25.3. The summed E-state index contributed by atoms with van der Waals surface area (Å²) < 4.78 is 7.77. The zero-order valence-electron chi connectivity index (χ0n) is 23.0. The van der Waals surface area contributed by atoms with Crippen molar-refractivity contribution in [3.05, 3.63) is 36.3 Å². The topological polar surface area (TPSA) is 118 Å². The molecule has 4 aliphatic rings. The van der Waals surface area contributed by atoms with Crippen LogP contribution in [0.1, 0.15) is 67.9 Å². The van der Waals surface area contributed by atoms with Crippen LogP contribution in [0.5, 0.6) is 0 Å². The lowest BCUT2D eigenvalue weighted by molar-refractivity contribution is 0.0140. The van der Waals surface area contributed by atoms with E-state index in [1.165, 1.54) is 19.3 Å². The number of anilines is 3. The van der Waals surface area contributed by atoms with Gasteiger partial charge in [0.05, 0.1) is 18.4 Å². The second kappa shape index (κ2) is 10.0. The van der Waals surface area contributed by atoms with Crippen molar-refractivity contribution in [1.82, 2.24) is 29.7 Å². The lowest BCUT2D eigenvalue weighted by atomic mass is 9.66. The summed E-state index contributed by atoms with van der Waals surface area (Å²) in [5.41, 5.74) is 2.11. The van der Waals surface area contributed by atoms with E-state index in [4.69, 9.17) is 9.72 Å². The number of carbonyl (C=O) groups is 2. The van der Waals surface area contributed by atoms with Gasteiger partial charge < -0.3 is 24.8 Å². The van der Waals surface area contributed by atoms with Crippen molar-refractivity contribution in [2.24, 2.45) is 5.92 Å². The van der Waals surface area contributed by atoms with Gasteiger partial charge in [-0.15, -0.1) is 0 Å². The van der Waals surface area contributed by atoms with Crippen molar-refractivity contribution < 1.29 is 14.3 Å². The fourth-order valence-corrected chi connectivity index (χ4v) is 6.78. The largest absolute Gasteiger partial charge is 0.444 e. The number of fused-ring (bicyclic) bond motifs is 2. The number of pyridine rings is 1. The molecule has 4 atom stereocenters. The Morgan fingerprint density at radius 1 is 1.12 bits per heavy atom. The summed E-state index contributed by atoms with van der Waals surface area (Å²) in [5, 5.41) is 7.63. The van der Waals surface area contributed by atoms with Crippen LogP contribution in [0.4, 0.5) is 22.2 Å². The number of aromatic nitrogens is 4. The molecule has 40 heavy (non-hydrogen) atoms. The molecule has 5 heterocycles. The number of amides is 2. The predicted molar refractivity (Wildman–Crippen MR) is 151 cm³/mol. The number of nitrogens with zero attached hydrogens (tertiary/aromatic N) is 6. The molecule has 2 amide bonds. The Hall–Kier alpha value is -3.73. The van der Waals surface area contributed by atoms with E-state index >= 15 is 0 Å². The monoisotopic (exact) mass is 544 g/mol. The Labute approximate surface area is 233 Å². The number of piperidine rings is 1. The minimum Gasteiger partial charge on any atom is -0.444 e. The van der Waals surface area contributed by atoms with Gasteiger partial charge in [-0.25, -0.2) is 14.8 Å². The van der Waals surface area contributed by atoms with Crippen LogP contribution >= 0.6 is 0 Å². The van der Waals surface area contributed by atoms with Gasteiger partial charge in [0.2, 0.25) is 5.95 Å². The maximum atomic E-state index is 13.0. The van der Waals surface area contributed by atoms with Crippen molar-refractivity contribution >= 4 is 40.5 Å². The van der Waals surface area contributed by atoms with Gasteiger partial charge in [0, 0.05) is 50.2 Å². The molecule has 4 unspecified atom stereocenters. The molecule has 7 rings (SSSR count). The highest BCUT2D eigenvalue weighted by molar-refractivity contribution is 5.98. The highest BCUT2D eigenvalue weighted by Crippen LogP contribution is 2.41. The SMILES string of the molecule is CN(C)C(=O)c1cc2cnc(Nc3ccc(N4CC(CC5NC6CCC65)OC4=O)cn3)nc2n1C1CCCCC1. The number of carbonyl (C=O) groups excluding carboxylic acids is 2. The van der Waals surface area contributed by atoms with Gasteiger partial charge in [-0.05, 0) is 49.8 Å². The van der Waals surface area contributed by atoms with Crippen LogP contribution in [-0.2, 0) is 4.74 Å². The maximum Gasteiger partial charge on any atom is 0.414 e. The predicted octanol–water partition coefficient (Wildman–Crippen LogP) is 4.24. The molecular formula is C29H36N8O3. The number of rotatable bonds is 7. The second-order valence-corrected chi connectivity index (χ2v) is 11.9. The van der Waals surface area contributed by atoms with E-state index in [2.05, 4.69) is 25.2 Å². The quantitative estimate of drug-likeness (QED) is 0.454. The van der Waals surface area contributed by atoms with Crippen molar-refractivity contribution in [3.63, 3.8) is 0 Å². The molecule has 2 aliphatic heterocycles. The highest BCUT2D eigenvalue weighted by Gasteiger charge is 2.48. The normalized spacial score (nSPS) is 26.1. The standard InChI is InChI=1S/C29H36N8O3/c1-35(2)27(38)24-12-17-14-31-28(34-26(17)37(24)18-6-4-3-5-7-18)33-25-11-8-19(15-30-25)36-16-20(40-29(36)39)13-23-21-9-10-22(21)32-23/h8,11-12,14-15,18,20-23,32H,3-7,9-10,13,16H2,1-2H3,(H,30,31,33,34). The van der Waals surface area contributed by atoms with Gasteiger partial charge in [0.25, 0.3) is 5.91 Å². The Kier molecular flexibility index (Phi) is 6.33. The average Bonchev–Trinajstić information content (AvgIpc) is 3.51. The summed E-state index contributed by atoms with van der Waals surface area (Å²) in [6.45, 7) is 0.536. The zero-order valence-corrected chi connectivity index (χ0v) is 23.0. The van der Waals surface area contributed by atoms with E-state index in [1.807, 2.05) is 18.2 Å². The third-order valence-electron chi connectivity index (χ3n) is 9.10. The first-order chi connectivity index (χ1) is 19.4. The lowest BCUT2D eigenvalue weighted by Crippen LogP contribution is -2.67. The molecule has 11 nitrogen and oxygen atoms in total. The third kappa shape index (κ3) is 4.46. The molecule has 0 aromatic carbocycles. The summed E-state index contributed by atoms with van der Waals surface area (Å²) in [7, 11) is 3.55. The summed E-state index contributed by atoms with van der Waals surface area (Å²) in [6.07, 6.45) is 12.0. The Morgan fingerprint density at radius 3 is 2.65 bits per heavy atom. The van der Waals surface area contributed by atoms with Gasteiger partial charge in [-0.3, -0.25) is 9.69 Å².